The first-order valence-electron chi connectivity index (χ1n) is 8.18. The first kappa shape index (κ1) is 16.5. The van der Waals surface area contributed by atoms with Crippen molar-refractivity contribution in [3.63, 3.8) is 0 Å². The molecule has 130 valence electrons. The van der Waals surface area contributed by atoms with E-state index < -0.39 is 5.63 Å². The summed E-state index contributed by atoms with van der Waals surface area (Å²) in [5.74, 6) is -0.0392. The van der Waals surface area contributed by atoms with Gasteiger partial charge in [-0.2, -0.15) is 0 Å². The fourth-order valence-corrected chi connectivity index (χ4v) is 4.05. The molecule has 0 spiro atoms. The van der Waals surface area contributed by atoms with Crippen molar-refractivity contribution in [1.82, 2.24) is 0 Å². The first-order chi connectivity index (χ1) is 12.6. The van der Waals surface area contributed by atoms with Gasteiger partial charge in [-0.15, -0.1) is 0 Å². The van der Waals surface area contributed by atoms with Gasteiger partial charge in [0.25, 0.3) is 0 Å². The van der Waals surface area contributed by atoms with Crippen LogP contribution in [-0.2, 0) is 0 Å². The second kappa shape index (κ2) is 6.42. The van der Waals surface area contributed by atoms with Crippen molar-refractivity contribution in [2.45, 2.75) is 9.79 Å². The van der Waals surface area contributed by atoms with E-state index in [0.29, 0.717) is 11.0 Å². The molecule has 4 nitrogen and oxygen atoms in total. The fraction of sp³-hybridized carbons (Fsp3) is 0.0952. The first-order valence-corrected chi connectivity index (χ1v) is 8.99. The van der Waals surface area contributed by atoms with Crippen LogP contribution < -0.4 is 10.5 Å². The Morgan fingerprint density at radius 1 is 0.885 bits per heavy atom. The van der Waals surface area contributed by atoms with E-state index in [0.717, 1.165) is 21.4 Å². The third kappa shape index (κ3) is 2.70. The van der Waals surface area contributed by atoms with Crippen LogP contribution >= 0.6 is 11.8 Å². The highest BCUT2D eigenvalue weighted by molar-refractivity contribution is 7.99. The van der Waals surface area contributed by atoms with E-state index in [2.05, 4.69) is 17.0 Å². The highest BCUT2D eigenvalue weighted by Crippen LogP contribution is 2.40. The van der Waals surface area contributed by atoms with E-state index in [1.54, 1.807) is 24.3 Å². The third-order valence-corrected chi connectivity index (χ3v) is 5.44. The minimum atomic E-state index is -0.535. The van der Waals surface area contributed by atoms with Crippen molar-refractivity contribution in [2.75, 3.05) is 19.0 Å². The number of fused-ring (bicyclic) bond motifs is 2. The van der Waals surface area contributed by atoms with E-state index in [9.17, 15) is 9.90 Å². The van der Waals surface area contributed by atoms with Crippen LogP contribution in [0.1, 0.15) is 0 Å². The molecule has 26 heavy (non-hydrogen) atoms. The highest BCUT2D eigenvalue weighted by atomic mass is 32.2. The Morgan fingerprint density at radius 3 is 2.38 bits per heavy atom. The number of nitrogens with zero attached hydrogens (tertiary/aromatic N) is 1. The predicted octanol–water partition coefficient (Wildman–Crippen LogP) is 4.87. The van der Waals surface area contributed by atoms with E-state index in [1.165, 1.54) is 11.8 Å². The Bertz CT molecular complexity index is 1180. The third-order valence-electron chi connectivity index (χ3n) is 4.30. The molecule has 5 heteroatoms. The summed E-state index contributed by atoms with van der Waals surface area (Å²) < 4.78 is 5.38. The largest absolute Gasteiger partial charge is 0.506 e. The lowest BCUT2D eigenvalue weighted by molar-refractivity contribution is 0.447. The molecule has 1 heterocycles. The van der Waals surface area contributed by atoms with E-state index in [4.69, 9.17) is 4.42 Å². The zero-order valence-electron chi connectivity index (χ0n) is 14.4. The smallest absolute Gasteiger partial charge is 0.354 e. The standard InChI is InChI=1S/C21H17NO3S/c1-22(2)16-10-5-9-14-13(16)8-6-12-18(14)26-20-19(23)15-7-3-4-11-17(15)25-21(20)24/h3-12,23H,1-2H3. The Hall–Kier alpha value is -2.92. The number of hydrogen-bond donors (Lipinski definition) is 1. The Balaban J connectivity index is 1.90. The molecule has 0 bridgehead atoms. The number of para-hydroxylation sites is 1. The van der Waals surface area contributed by atoms with E-state index >= 15 is 0 Å². The second-order valence-corrected chi connectivity index (χ2v) is 7.24. The number of aromatic hydroxyl groups is 1. The van der Waals surface area contributed by atoms with Gasteiger partial charge in [-0.3, -0.25) is 0 Å². The van der Waals surface area contributed by atoms with Crippen molar-refractivity contribution in [3.05, 3.63) is 71.1 Å². The lowest BCUT2D eigenvalue weighted by Gasteiger charge is -2.16. The summed E-state index contributed by atoms with van der Waals surface area (Å²) in [6.45, 7) is 0. The molecular weight excluding hydrogens is 346 g/mol. The molecule has 0 aliphatic rings. The summed E-state index contributed by atoms with van der Waals surface area (Å²) in [4.78, 5) is 15.6. The van der Waals surface area contributed by atoms with E-state index in [1.807, 2.05) is 38.4 Å². The predicted molar refractivity (Wildman–Crippen MR) is 107 cm³/mol. The van der Waals surface area contributed by atoms with Gasteiger partial charge in [-0.1, -0.05) is 48.2 Å². The maximum absolute atomic E-state index is 12.4. The zero-order valence-corrected chi connectivity index (χ0v) is 15.2. The number of rotatable bonds is 3. The molecule has 0 unspecified atom stereocenters. The van der Waals surface area contributed by atoms with Gasteiger partial charge in [0.05, 0.1) is 5.39 Å². The molecule has 0 radical (unpaired) electrons. The van der Waals surface area contributed by atoms with E-state index in [-0.39, 0.29) is 10.6 Å². The van der Waals surface area contributed by atoms with Crippen molar-refractivity contribution in [3.8, 4) is 5.75 Å². The van der Waals surface area contributed by atoms with Gasteiger partial charge >= 0.3 is 5.63 Å². The highest BCUT2D eigenvalue weighted by Gasteiger charge is 2.16. The number of benzene rings is 3. The number of hydrogen-bond acceptors (Lipinski definition) is 5. The van der Waals surface area contributed by atoms with Gasteiger partial charge in [-0.05, 0) is 29.7 Å². The van der Waals surface area contributed by atoms with Crippen LogP contribution in [0.4, 0.5) is 5.69 Å². The molecule has 0 aliphatic carbocycles. The monoisotopic (exact) mass is 363 g/mol. The minimum absolute atomic E-state index is 0.0392. The number of anilines is 1. The van der Waals surface area contributed by atoms with Crippen LogP contribution in [-0.4, -0.2) is 19.2 Å². The van der Waals surface area contributed by atoms with Crippen LogP contribution in [0.25, 0.3) is 21.7 Å². The minimum Gasteiger partial charge on any atom is -0.506 e. The van der Waals surface area contributed by atoms with Crippen LogP contribution in [0.15, 0.2) is 79.7 Å². The van der Waals surface area contributed by atoms with Crippen molar-refractivity contribution >= 4 is 39.2 Å². The molecule has 3 aromatic carbocycles. The van der Waals surface area contributed by atoms with Gasteiger partial charge in [0.15, 0.2) is 0 Å². The SMILES string of the molecule is CN(C)c1cccc2c(Sc3c(O)c4ccccc4oc3=O)cccc12. The maximum atomic E-state index is 12.4. The Labute approximate surface area is 154 Å². The molecule has 1 aromatic heterocycles. The summed E-state index contributed by atoms with van der Waals surface area (Å²) in [6, 6.07) is 19.0. The molecule has 0 fully saturated rings. The molecular formula is C21H17NO3S. The average Bonchev–Trinajstić information content (AvgIpc) is 2.64. The summed E-state index contributed by atoms with van der Waals surface area (Å²) in [7, 11) is 4.00. The summed E-state index contributed by atoms with van der Waals surface area (Å²) in [6.07, 6.45) is 0. The molecule has 0 saturated carbocycles. The molecule has 1 N–H and O–H groups in total. The van der Waals surface area contributed by atoms with Crippen LogP contribution in [0.3, 0.4) is 0 Å². The van der Waals surface area contributed by atoms with Crippen molar-refractivity contribution in [2.24, 2.45) is 0 Å². The Kier molecular flexibility index (Phi) is 4.09. The topological polar surface area (TPSA) is 53.7 Å². The Morgan fingerprint density at radius 2 is 1.58 bits per heavy atom. The van der Waals surface area contributed by atoms with Gasteiger partial charge in [0.1, 0.15) is 16.2 Å². The summed E-state index contributed by atoms with van der Waals surface area (Å²) in [5, 5.41) is 13.3. The summed E-state index contributed by atoms with van der Waals surface area (Å²) in [5.41, 5.74) is 0.943. The quantitative estimate of drug-likeness (QED) is 0.526. The molecule has 4 rings (SSSR count). The maximum Gasteiger partial charge on any atom is 0.354 e. The van der Waals surface area contributed by atoms with Gasteiger partial charge < -0.3 is 14.4 Å². The normalized spacial score (nSPS) is 11.2. The average molecular weight is 363 g/mol. The van der Waals surface area contributed by atoms with Gasteiger partial charge in [-0.25, -0.2) is 4.79 Å². The van der Waals surface area contributed by atoms with Crippen LogP contribution in [0.2, 0.25) is 0 Å². The van der Waals surface area contributed by atoms with Gasteiger partial charge in [0.2, 0.25) is 0 Å². The fourth-order valence-electron chi connectivity index (χ4n) is 3.06. The molecule has 0 atom stereocenters. The van der Waals surface area contributed by atoms with Crippen LogP contribution in [0.5, 0.6) is 5.75 Å². The molecule has 0 saturated heterocycles. The molecule has 0 amide bonds. The van der Waals surface area contributed by atoms with Crippen LogP contribution in [0, 0.1) is 0 Å². The van der Waals surface area contributed by atoms with Crippen molar-refractivity contribution in [1.29, 1.82) is 0 Å². The summed E-state index contributed by atoms with van der Waals surface area (Å²) >= 11 is 1.23. The lowest BCUT2D eigenvalue weighted by Crippen LogP contribution is -2.08. The molecule has 4 aromatic rings. The van der Waals surface area contributed by atoms with Crippen molar-refractivity contribution < 1.29 is 9.52 Å². The second-order valence-electron chi connectivity index (χ2n) is 6.19. The lowest BCUT2D eigenvalue weighted by atomic mass is 10.1. The molecule has 0 aliphatic heterocycles. The zero-order chi connectivity index (χ0) is 18.3. The van der Waals surface area contributed by atoms with Gasteiger partial charge in [0, 0.05) is 30.1 Å².